The summed E-state index contributed by atoms with van der Waals surface area (Å²) in [6, 6.07) is 0. The first-order valence-electron chi connectivity index (χ1n) is 6.81. The van der Waals surface area contributed by atoms with Crippen molar-refractivity contribution in [1.29, 1.82) is 0 Å². The molecule has 2 aliphatic rings. The highest BCUT2D eigenvalue weighted by Gasteiger charge is 2.48. The van der Waals surface area contributed by atoms with Gasteiger partial charge in [0.1, 0.15) is 5.60 Å². The number of hydrogen-bond donors (Lipinski definition) is 1. The van der Waals surface area contributed by atoms with Gasteiger partial charge in [-0.05, 0) is 41.7 Å². The second-order valence-corrected chi connectivity index (χ2v) is 6.38. The highest BCUT2D eigenvalue weighted by molar-refractivity contribution is 9.10. The van der Waals surface area contributed by atoms with E-state index in [4.69, 9.17) is 0 Å². The van der Waals surface area contributed by atoms with E-state index >= 15 is 0 Å². The lowest BCUT2D eigenvalue weighted by molar-refractivity contribution is -0.0576. The summed E-state index contributed by atoms with van der Waals surface area (Å²) < 4.78 is 2.94. The van der Waals surface area contributed by atoms with Crippen molar-refractivity contribution in [1.82, 2.24) is 14.7 Å². The summed E-state index contributed by atoms with van der Waals surface area (Å²) in [7, 11) is 0. The van der Waals surface area contributed by atoms with Crippen LogP contribution in [0.5, 0.6) is 0 Å². The molecule has 2 fully saturated rings. The number of hydrogen-bond acceptors (Lipinski definition) is 3. The van der Waals surface area contributed by atoms with Gasteiger partial charge in [-0.1, -0.05) is 6.92 Å². The van der Waals surface area contributed by atoms with Gasteiger partial charge in [-0.3, -0.25) is 4.68 Å². The zero-order valence-corrected chi connectivity index (χ0v) is 12.4. The van der Waals surface area contributed by atoms with Crippen molar-refractivity contribution in [3.8, 4) is 0 Å². The minimum absolute atomic E-state index is 0.356. The Labute approximate surface area is 116 Å². The third-order valence-electron chi connectivity index (χ3n) is 4.40. The van der Waals surface area contributed by atoms with E-state index in [0.717, 1.165) is 55.6 Å². The van der Waals surface area contributed by atoms with E-state index in [1.54, 1.807) is 0 Å². The average Bonchev–Trinajstić information content (AvgIpc) is 2.92. The number of aromatic nitrogens is 2. The highest BCUT2D eigenvalue weighted by Crippen LogP contribution is 2.44. The molecule has 3 unspecified atom stereocenters. The van der Waals surface area contributed by atoms with Crippen molar-refractivity contribution < 1.29 is 5.11 Å². The Bertz CT molecular complexity index is 447. The van der Waals surface area contributed by atoms with Crippen LogP contribution < -0.4 is 0 Å². The van der Waals surface area contributed by atoms with Gasteiger partial charge in [-0.25, -0.2) is 0 Å². The summed E-state index contributed by atoms with van der Waals surface area (Å²) in [4.78, 5) is 2.45. The third kappa shape index (κ3) is 1.84. The van der Waals surface area contributed by atoms with Crippen LogP contribution in [0.4, 0.5) is 0 Å². The van der Waals surface area contributed by atoms with E-state index in [9.17, 15) is 5.11 Å². The molecule has 2 aliphatic heterocycles. The Morgan fingerprint density at radius 2 is 2.39 bits per heavy atom. The van der Waals surface area contributed by atoms with Crippen LogP contribution >= 0.6 is 15.9 Å². The van der Waals surface area contributed by atoms with Gasteiger partial charge in [0, 0.05) is 25.6 Å². The highest BCUT2D eigenvalue weighted by atomic mass is 79.9. The van der Waals surface area contributed by atoms with Crippen molar-refractivity contribution in [3.05, 3.63) is 16.4 Å². The zero-order chi connectivity index (χ0) is 12.8. The summed E-state index contributed by atoms with van der Waals surface area (Å²) in [6.07, 6.45) is 4.78. The zero-order valence-electron chi connectivity index (χ0n) is 10.8. The predicted octanol–water partition coefficient (Wildman–Crippen LogP) is 1.97. The summed E-state index contributed by atoms with van der Waals surface area (Å²) >= 11 is 3.57. The summed E-state index contributed by atoms with van der Waals surface area (Å²) in [5.74, 6) is 0.356. The maximum absolute atomic E-state index is 11.2. The molecule has 0 spiro atoms. The summed E-state index contributed by atoms with van der Waals surface area (Å²) in [5.41, 5.74) is 0.299. The van der Waals surface area contributed by atoms with Crippen LogP contribution in [0.3, 0.4) is 0 Å². The van der Waals surface area contributed by atoms with Gasteiger partial charge in [0.2, 0.25) is 0 Å². The van der Waals surface area contributed by atoms with Gasteiger partial charge in [0.05, 0.1) is 16.4 Å². The quantitative estimate of drug-likeness (QED) is 0.927. The molecule has 2 bridgehead atoms. The molecular weight excluding hydrogens is 294 g/mol. The number of halogens is 1. The van der Waals surface area contributed by atoms with E-state index in [0.29, 0.717) is 5.92 Å². The van der Waals surface area contributed by atoms with Gasteiger partial charge in [0.25, 0.3) is 0 Å². The topological polar surface area (TPSA) is 41.3 Å². The largest absolute Gasteiger partial charge is 0.383 e. The normalized spacial score (nSPS) is 35.1. The van der Waals surface area contributed by atoms with Crippen molar-refractivity contribution in [2.75, 3.05) is 19.6 Å². The molecule has 3 heterocycles. The van der Waals surface area contributed by atoms with Gasteiger partial charge in [-0.15, -0.1) is 0 Å². The Kier molecular flexibility index (Phi) is 3.24. The lowest BCUT2D eigenvalue weighted by Crippen LogP contribution is -2.45. The molecule has 1 aromatic rings. The van der Waals surface area contributed by atoms with Crippen molar-refractivity contribution in [2.24, 2.45) is 5.92 Å². The van der Waals surface area contributed by atoms with Gasteiger partial charge in [0.15, 0.2) is 0 Å². The van der Waals surface area contributed by atoms with Crippen LogP contribution in [0.25, 0.3) is 0 Å². The molecule has 3 atom stereocenters. The smallest absolute Gasteiger partial charge is 0.113 e. The molecule has 0 aliphatic carbocycles. The van der Waals surface area contributed by atoms with E-state index in [1.807, 2.05) is 10.9 Å². The number of aliphatic hydroxyl groups is 1. The van der Waals surface area contributed by atoms with Gasteiger partial charge < -0.3 is 10.0 Å². The van der Waals surface area contributed by atoms with Crippen molar-refractivity contribution >= 4 is 15.9 Å². The fourth-order valence-corrected chi connectivity index (χ4v) is 4.08. The maximum atomic E-state index is 11.2. The first-order chi connectivity index (χ1) is 8.65. The van der Waals surface area contributed by atoms with Gasteiger partial charge in [-0.2, -0.15) is 5.10 Å². The van der Waals surface area contributed by atoms with Crippen molar-refractivity contribution in [3.63, 3.8) is 0 Å². The molecule has 100 valence electrons. The minimum Gasteiger partial charge on any atom is -0.383 e. The Morgan fingerprint density at radius 3 is 3.17 bits per heavy atom. The molecule has 0 radical (unpaired) electrons. The third-order valence-corrected chi connectivity index (χ3v) is 4.98. The van der Waals surface area contributed by atoms with Crippen LogP contribution in [0.15, 0.2) is 10.7 Å². The lowest BCUT2D eigenvalue weighted by atomic mass is 9.79. The van der Waals surface area contributed by atoms with Crippen LogP contribution in [0.1, 0.15) is 31.9 Å². The number of fused-ring (bicyclic) bond motifs is 2. The van der Waals surface area contributed by atoms with E-state index < -0.39 is 5.60 Å². The molecular formula is C13H20BrN3O. The van der Waals surface area contributed by atoms with Crippen LogP contribution in [0.2, 0.25) is 0 Å². The Balaban J connectivity index is 1.99. The van der Waals surface area contributed by atoms with Crippen LogP contribution in [-0.2, 0) is 12.1 Å². The second-order valence-electron chi connectivity index (χ2n) is 5.52. The maximum Gasteiger partial charge on any atom is 0.113 e. The Morgan fingerprint density at radius 1 is 1.56 bits per heavy atom. The molecule has 5 heteroatoms. The molecule has 4 nitrogen and oxygen atoms in total. The minimum atomic E-state index is -0.697. The van der Waals surface area contributed by atoms with Gasteiger partial charge >= 0.3 is 0 Å². The standard InChI is InChI=1S/C13H20BrN3O/c1-2-5-17-12(11(14)8-15-17)13(18)4-7-16-6-3-10(13)9-16/h8,10,18H,2-7,9H2,1H3. The SMILES string of the molecule is CCCn1ncc(Br)c1C1(O)CCN2CCC1C2. The van der Waals surface area contributed by atoms with E-state index in [-0.39, 0.29) is 0 Å². The molecule has 3 rings (SSSR count). The molecule has 2 saturated heterocycles. The van der Waals surface area contributed by atoms with E-state index in [1.165, 1.54) is 0 Å². The first-order valence-corrected chi connectivity index (χ1v) is 7.61. The molecule has 0 saturated carbocycles. The van der Waals surface area contributed by atoms with Crippen LogP contribution in [0, 0.1) is 5.92 Å². The predicted molar refractivity (Wildman–Crippen MR) is 73.3 cm³/mol. The molecule has 1 aromatic heterocycles. The molecule has 0 aromatic carbocycles. The number of piperidine rings is 1. The average molecular weight is 314 g/mol. The fraction of sp³-hybridized carbons (Fsp3) is 0.769. The van der Waals surface area contributed by atoms with Crippen LogP contribution in [-0.4, -0.2) is 39.4 Å². The van der Waals surface area contributed by atoms with E-state index in [2.05, 4.69) is 32.9 Å². The first kappa shape index (κ1) is 12.6. The fourth-order valence-electron chi connectivity index (χ4n) is 3.44. The number of rotatable bonds is 3. The number of aryl methyl sites for hydroxylation is 1. The summed E-state index contributed by atoms with van der Waals surface area (Å²) in [6.45, 7) is 6.17. The second kappa shape index (κ2) is 4.62. The molecule has 18 heavy (non-hydrogen) atoms. The monoisotopic (exact) mass is 313 g/mol. The lowest BCUT2D eigenvalue weighted by Gasteiger charge is -2.39. The molecule has 0 amide bonds. The van der Waals surface area contributed by atoms with Crippen molar-refractivity contribution in [2.45, 2.75) is 38.3 Å². The molecule has 1 N–H and O–H groups in total. The summed E-state index contributed by atoms with van der Waals surface area (Å²) in [5, 5.41) is 15.6. The number of nitrogens with zero attached hydrogens (tertiary/aromatic N) is 3. The Hall–Kier alpha value is -0.390.